The van der Waals surface area contributed by atoms with Crippen LogP contribution in [0.1, 0.15) is 35.8 Å². The van der Waals surface area contributed by atoms with Gasteiger partial charge in [0.15, 0.2) is 34.8 Å². The molecule has 0 radical (unpaired) electrons. The molecule has 0 aliphatic heterocycles. The predicted molar refractivity (Wildman–Crippen MR) is 121 cm³/mol. The SMILES string of the molecule is COC(=O)C[C@@H](C1=C(O)C(=O)C([C@H](CC(=O)OC)c2ccc(F)c(F)c2)=C(O)C1=O)c1ccc(F)c(F)c1. The Kier molecular flexibility index (Phi) is 8.34. The van der Waals surface area contributed by atoms with Crippen molar-refractivity contribution in [2.75, 3.05) is 14.2 Å². The van der Waals surface area contributed by atoms with Crippen molar-refractivity contribution in [1.29, 1.82) is 0 Å². The Morgan fingerprint density at radius 3 is 1.32 bits per heavy atom. The molecule has 2 N–H and O–H groups in total. The number of halogens is 4. The number of esters is 2. The first-order valence-corrected chi connectivity index (χ1v) is 10.9. The molecule has 0 unspecified atom stereocenters. The van der Waals surface area contributed by atoms with E-state index in [-0.39, 0.29) is 11.1 Å². The number of rotatable bonds is 8. The van der Waals surface area contributed by atoms with Crippen LogP contribution in [-0.4, -0.2) is 47.9 Å². The molecule has 0 spiro atoms. The average molecular weight is 536 g/mol. The van der Waals surface area contributed by atoms with E-state index in [0.717, 1.165) is 26.4 Å². The van der Waals surface area contributed by atoms with Crippen LogP contribution in [0.25, 0.3) is 0 Å². The molecule has 0 heterocycles. The lowest BCUT2D eigenvalue weighted by Gasteiger charge is -2.27. The number of hydrogen-bond acceptors (Lipinski definition) is 8. The summed E-state index contributed by atoms with van der Waals surface area (Å²) >= 11 is 0. The lowest BCUT2D eigenvalue weighted by Crippen LogP contribution is -2.31. The molecule has 0 bridgehead atoms. The largest absolute Gasteiger partial charge is 0.504 e. The number of methoxy groups -OCH3 is 2. The number of hydrogen-bond donors (Lipinski definition) is 2. The van der Waals surface area contributed by atoms with E-state index in [1.54, 1.807) is 0 Å². The minimum atomic E-state index is -1.57. The molecule has 2 aromatic carbocycles. The van der Waals surface area contributed by atoms with Crippen molar-refractivity contribution in [1.82, 2.24) is 0 Å². The van der Waals surface area contributed by atoms with Gasteiger partial charge in [0.1, 0.15) is 0 Å². The molecule has 1 aliphatic carbocycles. The Morgan fingerprint density at radius 1 is 0.684 bits per heavy atom. The van der Waals surface area contributed by atoms with Crippen molar-refractivity contribution < 1.29 is 56.4 Å². The summed E-state index contributed by atoms with van der Waals surface area (Å²) in [6, 6.07) is 4.66. The van der Waals surface area contributed by atoms with Crippen molar-refractivity contribution in [2.24, 2.45) is 0 Å². The van der Waals surface area contributed by atoms with E-state index in [4.69, 9.17) is 0 Å². The van der Waals surface area contributed by atoms with E-state index in [9.17, 15) is 47.0 Å². The third-order valence-corrected chi connectivity index (χ3v) is 6.02. The number of allylic oxidation sites excluding steroid dienone is 2. The molecule has 0 fully saturated rings. The number of carbonyl (C=O) groups excluding carboxylic acids is 4. The highest BCUT2D eigenvalue weighted by Gasteiger charge is 2.43. The molecular weight excluding hydrogens is 516 g/mol. The molecule has 3 rings (SSSR count). The second-order valence-electron chi connectivity index (χ2n) is 8.20. The molecule has 8 nitrogen and oxygen atoms in total. The van der Waals surface area contributed by atoms with Crippen molar-refractivity contribution in [2.45, 2.75) is 24.7 Å². The summed E-state index contributed by atoms with van der Waals surface area (Å²) in [4.78, 5) is 50.7. The molecule has 1 aliphatic rings. The van der Waals surface area contributed by atoms with Gasteiger partial charge in [0.05, 0.1) is 38.2 Å². The van der Waals surface area contributed by atoms with Crippen LogP contribution in [0.3, 0.4) is 0 Å². The topological polar surface area (TPSA) is 127 Å². The highest BCUT2D eigenvalue weighted by Crippen LogP contribution is 2.41. The molecule has 200 valence electrons. The van der Waals surface area contributed by atoms with Gasteiger partial charge in [-0.2, -0.15) is 0 Å². The lowest BCUT2D eigenvalue weighted by molar-refractivity contribution is -0.142. The predicted octanol–water partition coefficient (Wildman–Crippen LogP) is 4.01. The van der Waals surface area contributed by atoms with Gasteiger partial charge >= 0.3 is 11.9 Å². The highest BCUT2D eigenvalue weighted by atomic mass is 19.2. The standard InChI is InChI=1S/C26H20F4O8/c1-37-19(31)9-13(11-3-5-15(27)17(29)7-11)21-23(33)25(35)22(26(36)24(21)34)14(10-20(32)38-2)12-4-6-16(28)18(30)8-12/h3-8,13-14,33,36H,9-10H2,1-2H3/t13-,14-/m1/s1. The summed E-state index contributed by atoms with van der Waals surface area (Å²) in [7, 11) is 2.00. The van der Waals surface area contributed by atoms with Crippen molar-refractivity contribution in [3.63, 3.8) is 0 Å². The fraction of sp³-hybridized carbons (Fsp3) is 0.231. The normalized spacial score (nSPS) is 15.4. The van der Waals surface area contributed by atoms with Gasteiger partial charge in [-0.1, -0.05) is 12.1 Å². The first kappa shape index (κ1) is 28.1. The number of benzene rings is 2. The van der Waals surface area contributed by atoms with E-state index in [1.165, 1.54) is 0 Å². The highest BCUT2D eigenvalue weighted by molar-refractivity contribution is 6.24. The summed E-state index contributed by atoms with van der Waals surface area (Å²) in [5.74, 6) is -15.6. The van der Waals surface area contributed by atoms with Crippen molar-refractivity contribution in [3.05, 3.63) is 93.5 Å². The van der Waals surface area contributed by atoms with Gasteiger partial charge in [-0.25, -0.2) is 17.6 Å². The number of aliphatic hydroxyl groups excluding tert-OH is 2. The minimum Gasteiger partial charge on any atom is -0.504 e. The van der Waals surface area contributed by atoms with Gasteiger partial charge in [-0.05, 0) is 35.4 Å². The van der Waals surface area contributed by atoms with Gasteiger partial charge in [0, 0.05) is 11.8 Å². The third-order valence-electron chi connectivity index (χ3n) is 6.02. The van der Waals surface area contributed by atoms with E-state index >= 15 is 0 Å². The molecule has 0 saturated heterocycles. The fourth-order valence-electron chi connectivity index (χ4n) is 4.09. The quantitative estimate of drug-likeness (QED) is 0.294. The average Bonchev–Trinajstić information content (AvgIpc) is 2.89. The minimum absolute atomic E-state index is 0.208. The van der Waals surface area contributed by atoms with Gasteiger partial charge in [-0.15, -0.1) is 0 Å². The van der Waals surface area contributed by atoms with E-state index in [2.05, 4.69) is 9.47 Å². The van der Waals surface area contributed by atoms with Crippen LogP contribution in [0.15, 0.2) is 59.1 Å². The van der Waals surface area contributed by atoms with Gasteiger partial charge in [-0.3, -0.25) is 19.2 Å². The second kappa shape index (κ2) is 11.3. The van der Waals surface area contributed by atoms with Crippen LogP contribution in [0.4, 0.5) is 17.6 Å². The van der Waals surface area contributed by atoms with Gasteiger partial charge < -0.3 is 19.7 Å². The number of aliphatic hydroxyl groups is 2. The zero-order valence-corrected chi connectivity index (χ0v) is 19.9. The molecule has 38 heavy (non-hydrogen) atoms. The van der Waals surface area contributed by atoms with Crippen LogP contribution in [0.5, 0.6) is 0 Å². The number of carbonyl (C=O) groups is 4. The molecule has 2 atom stereocenters. The second-order valence-corrected chi connectivity index (χ2v) is 8.20. The zero-order chi connectivity index (χ0) is 28.3. The maximum atomic E-state index is 14.0. The maximum absolute atomic E-state index is 14.0. The first-order valence-electron chi connectivity index (χ1n) is 10.9. The Balaban J connectivity index is 2.18. The summed E-state index contributed by atoms with van der Waals surface area (Å²) in [6.45, 7) is 0. The molecular formula is C26H20F4O8. The number of Topliss-reactive ketones (excluding diaryl/α,β-unsaturated/α-hetero) is 2. The van der Waals surface area contributed by atoms with Gasteiger partial charge in [0.25, 0.3) is 0 Å². The van der Waals surface area contributed by atoms with Crippen molar-refractivity contribution in [3.8, 4) is 0 Å². The summed E-state index contributed by atoms with van der Waals surface area (Å²) in [5.41, 5.74) is -2.07. The zero-order valence-electron chi connectivity index (χ0n) is 19.9. The number of ketones is 2. The van der Waals surface area contributed by atoms with Crippen LogP contribution < -0.4 is 0 Å². The first-order chi connectivity index (χ1) is 17.9. The molecule has 12 heteroatoms. The molecule has 0 amide bonds. The van der Waals surface area contributed by atoms with E-state index < -0.39 is 94.1 Å². The van der Waals surface area contributed by atoms with Crippen LogP contribution in [0.2, 0.25) is 0 Å². The smallest absolute Gasteiger partial charge is 0.306 e. The lowest BCUT2D eigenvalue weighted by atomic mass is 9.76. The number of ether oxygens (including phenoxy) is 2. The maximum Gasteiger partial charge on any atom is 0.306 e. The van der Waals surface area contributed by atoms with E-state index in [1.807, 2.05) is 0 Å². The monoisotopic (exact) mass is 536 g/mol. The van der Waals surface area contributed by atoms with E-state index in [0.29, 0.717) is 24.3 Å². The summed E-state index contributed by atoms with van der Waals surface area (Å²) in [5, 5.41) is 21.6. The molecule has 0 saturated carbocycles. The van der Waals surface area contributed by atoms with Crippen LogP contribution >= 0.6 is 0 Å². The Hall–Kier alpha value is -4.48. The Morgan fingerprint density at radius 2 is 1.03 bits per heavy atom. The fourth-order valence-corrected chi connectivity index (χ4v) is 4.09. The molecule has 2 aromatic rings. The van der Waals surface area contributed by atoms with Crippen LogP contribution in [0, 0.1) is 23.3 Å². The third kappa shape index (κ3) is 5.43. The summed E-state index contributed by atoms with van der Waals surface area (Å²) < 4.78 is 64.1. The summed E-state index contributed by atoms with van der Waals surface area (Å²) in [6.07, 6.45) is -1.45. The van der Waals surface area contributed by atoms with Gasteiger partial charge in [0.2, 0.25) is 11.6 Å². The molecule has 0 aromatic heterocycles. The Bertz CT molecular complexity index is 1290. The van der Waals surface area contributed by atoms with Crippen LogP contribution in [-0.2, 0) is 28.7 Å². The van der Waals surface area contributed by atoms with Crippen molar-refractivity contribution >= 4 is 23.5 Å². The Labute approximate surface area is 212 Å².